The zero-order valence-corrected chi connectivity index (χ0v) is 18.1. The van der Waals surface area contributed by atoms with E-state index >= 15 is 0 Å². The van der Waals surface area contributed by atoms with Crippen LogP contribution in [-0.4, -0.2) is 32.5 Å². The number of fused-ring (bicyclic) bond motifs is 2. The fourth-order valence-electron chi connectivity index (χ4n) is 3.71. The van der Waals surface area contributed by atoms with Crippen molar-refractivity contribution < 1.29 is 35.7 Å². The van der Waals surface area contributed by atoms with Gasteiger partial charge >= 0.3 is 5.97 Å². The highest BCUT2D eigenvalue weighted by molar-refractivity contribution is 7.89. The van der Waals surface area contributed by atoms with Crippen LogP contribution in [0.1, 0.15) is 10.4 Å². The molecule has 1 heterocycles. The third-order valence-electron chi connectivity index (χ3n) is 4.97. The highest BCUT2D eigenvalue weighted by Crippen LogP contribution is 2.45. The minimum atomic E-state index is -5.02. The molecule has 4 rings (SSSR count). The van der Waals surface area contributed by atoms with E-state index in [0.29, 0.717) is 0 Å². The maximum Gasteiger partial charge on any atom is 0.336 e. The van der Waals surface area contributed by atoms with Gasteiger partial charge in [0.05, 0.1) is 16.6 Å². The molecule has 0 fully saturated rings. The summed E-state index contributed by atoms with van der Waals surface area (Å²) in [7, 11) is -9.53. The van der Waals surface area contributed by atoms with Gasteiger partial charge in [-0.25, -0.2) is 18.4 Å². The van der Waals surface area contributed by atoms with Crippen LogP contribution >= 0.6 is 0 Å². The summed E-state index contributed by atoms with van der Waals surface area (Å²) in [5, 5.41) is 22.4. The van der Waals surface area contributed by atoms with E-state index in [-0.39, 0.29) is 33.3 Å². The monoisotopic (exact) mass is 489 g/mol. The number of primary sulfonamides is 1. The molecule has 2 aliphatic rings. The first-order chi connectivity index (χ1) is 15.3. The van der Waals surface area contributed by atoms with Gasteiger partial charge in [-0.1, -0.05) is 18.2 Å². The number of aromatic carboxylic acids is 1. The SMILES string of the molecule is N=c1ccc2c(-c3ccccc3C(=O)O)c3ccc(N)c(S(N)(=O)=O)c3oc-2c1S(=O)(=O)O. The van der Waals surface area contributed by atoms with Gasteiger partial charge in [0.25, 0.3) is 10.1 Å². The number of benzene rings is 3. The Morgan fingerprint density at radius 1 is 0.939 bits per heavy atom. The molecule has 1 aliphatic heterocycles. The first-order valence-corrected chi connectivity index (χ1v) is 12.0. The molecule has 7 N–H and O–H groups in total. The van der Waals surface area contributed by atoms with Crippen LogP contribution in [0.15, 0.2) is 62.7 Å². The van der Waals surface area contributed by atoms with Gasteiger partial charge in [0.2, 0.25) is 10.0 Å². The highest BCUT2D eigenvalue weighted by atomic mass is 32.2. The smallest absolute Gasteiger partial charge is 0.336 e. The number of nitrogen functional groups attached to an aromatic ring is 1. The van der Waals surface area contributed by atoms with Crippen molar-refractivity contribution in [3.8, 4) is 22.5 Å². The van der Waals surface area contributed by atoms with Crippen LogP contribution in [0, 0.1) is 5.41 Å². The molecule has 1 aliphatic carbocycles. The van der Waals surface area contributed by atoms with Gasteiger partial charge in [0, 0.05) is 16.5 Å². The summed E-state index contributed by atoms with van der Waals surface area (Å²) >= 11 is 0. The lowest BCUT2D eigenvalue weighted by molar-refractivity contribution is 0.0697. The lowest BCUT2D eigenvalue weighted by Crippen LogP contribution is -2.17. The zero-order chi connectivity index (χ0) is 24.3. The number of nitrogens with one attached hydrogen (secondary N) is 1. The Morgan fingerprint density at radius 2 is 1.61 bits per heavy atom. The Hall–Kier alpha value is -3.78. The Morgan fingerprint density at radius 3 is 2.21 bits per heavy atom. The Labute approximate surface area is 186 Å². The summed E-state index contributed by atoms with van der Waals surface area (Å²) in [6.45, 7) is 0. The van der Waals surface area contributed by atoms with E-state index in [4.69, 9.17) is 20.7 Å². The first kappa shape index (κ1) is 22.4. The second-order valence-electron chi connectivity index (χ2n) is 7.03. The molecular formula is C20H15N3O8S2. The maximum absolute atomic E-state index is 12.3. The lowest BCUT2D eigenvalue weighted by Gasteiger charge is -2.19. The first-order valence-electron chi connectivity index (χ1n) is 9.02. The minimum Gasteiger partial charge on any atom is -0.478 e. The van der Waals surface area contributed by atoms with Crippen LogP contribution < -0.4 is 16.2 Å². The largest absolute Gasteiger partial charge is 0.478 e. The van der Waals surface area contributed by atoms with Crippen LogP contribution in [0.3, 0.4) is 0 Å². The van der Waals surface area contributed by atoms with Crippen molar-refractivity contribution in [1.29, 1.82) is 5.41 Å². The number of anilines is 1. The number of hydrogen-bond acceptors (Lipinski definition) is 8. The standard InChI is InChI=1S/C20H15N3O8S2/c21-13-7-5-11-15(9-3-1-2-4-10(9)20(24)25)12-6-8-14(22)19(33(28,29)30)17(12)31-16(11)18(13)32(23,26)27/h1-8,22H,21H2,(H,24,25)(H2,23,26,27)(H,28,29,30). The maximum atomic E-state index is 12.3. The molecule has 0 bridgehead atoms. The van der Waals surface area contributed by atoms with Crippen LogP contribution in [0.4, 0.5) is 5.69 Å². The molecule has 0 amide bonds. The lowest BCUT2D eigenvalue weighted by atomic mass is 9.90. The van der Waals surface area contributed by atoms with Crippen LogP contribution in [0.2, 0.25) is 0 Å². The molecule has 33 heavy (non-hydrogen) atoms. The third-order valence-corrected chi connectivity index (χ3v) is 6.88. The average molecular weight is 489 g/mol. The summed E-state index contributed by atoms with van der Waals surface area (Å²) in [5.74, 6) is -1.87. The molecule has 0 unspecified atom stereocenters. The molecule has 2 aromatic carbocycles. The molecule has 0 saturated carbocycles. The molecule has 170 valence electrons. The van der Waals surface area contributed by atoms with Gasteiger partial charge in [-0.2, -0.15) is 8.42 Å². The van der Waals surface area contributed by atoms with Crippen molar-refractivity contribution in [2.24, 2.45) is 5.14 Å². The van der Waals surface area contributed by atoms with Crippen molar-refractivity contribution in [3.63, 3.8) is 0 Å². The number of carboxylic acid groups (broad SMARTS) is 1. The number of carboxylic acids is 1. The highest BCUT2D eigenvalue weighted by Gasteiger charge is 2.31. The third kappa shape index (κ3) is 3.62. The van der Waals surface area contributed by atoms with Crippen molar-refractivity contribution in [2.75, 3.05) is 5.73 Å². The minimum absolute atomic E-state index is 0.00460. The normalized spacial score (nSPS) is 12.3. The fraction of sp³-hybridized carbons (Fsp3) is 0. The Kier molecular flexibility index (Phi) is 5.01. The number of rotatable bonds is 4. The summed E-state index contributed by atoms with van der Waals surface area (Å²) in [6.07, 6.45) is 0. The molecule has 13 heteroatoms. The van der Waals surface area contributed by atoms with Crippen molar-refractivity contribution in [3.05, 3.63) is 59.5 Å². The van der Waals surface area contributed by atoms with Gasteiger partial charge in [0.1, 0.15) is 4.90 Å². The molecule has 0 spiro atoms. The summed E-state index contributed by atoms with van der Waals surface area (Å²) in [5.41, 5.74) is 5.06. The molecule has 2 aromatic rings. The predicted octanol–water partition coefficient (Wildman–Crippen LogP) is 1.86. The molecule has 0 atom stereocenters. The second-order valence-corrected chi connectivity index (χ2v) is 9.88. The molecule has 11 nitrogen and oxygen atoms in total. The molecular weight excluding hydrogens is 474 g/mol. The average Bonchev–Trinajstić information content (AvgIpc) is 2.69. The molecule has 0 saturated heterocycles. The van der Waals surface area contributed by atoms with Crippen LogP contribution in [-0.2, 0) is 20.1 Å². The fourth-order valence-corrected chi connectivity index (χ4v) is 5.25. The topological polar surface area (TPSA) is 215 Å². The van der Waals surface area contributed by atoms with E-state index in [0.717, 1.165) is 6.07 Å². The van der Waals surface area contributed by atoms with Crippen molar-refractivity contribution in [1.82, 2.24) is 0 Å². The summed E-state index contributed by atoms with van der Waals surface area (Å²) < 4.78 is 64.2. The van der Waals surface area contributed by atoms with Gasteiger partial charge in [-0.05, 0) is 35.9 Å². The van der Waals surface area contributed by atoms with E-state index in [9.17, 15) is 31.3 Å². The van der Waals surface area contributed by atoms with E-state index in [1.165, 1.54) is 42.5 Å². The Balaban J connectivity index is 2.40. The van der Waals surface area contributed by atoms with Gasteiger partial charge in [-0.3, -0.25) is 9.96 Å². The van der Waals surface area contributed by atoms with Crippen molar-refractivity contribution >= 4 is 42.8 Å². The number of nitrogens with two attached hydrogens (primary N) is 2. The van der Waals surface area contributed by atoms with E-state index in [2.05, 4.69) is 0 Å². The molecule has 0 radical (unpaired) electrons. The number of sulfonamides is 1. The summed E-state index contributed by atoms with van der Waals surface area (Å²) in [6, 6.07) is 10.7. The summed E-state index contributed by atoms with van der Waals surface area (Å²) in [4.78, 5) is 10.3. The Bertz CT molecular complexity index is 1720. The number of carbonyl (C=O) groups is 1. The van der Waals surface area contributed by atoms with Crippen LogP contribution in [0.5, 0.6) is 0 Å². The quantitative estimate of drug-likeness (QED) is 0.160. The molecule has 0 aromatic heterocycles. The van der Waals surface area contributed by atoms with Crippen molar-refractivity contribution in [2.45, 2.75) is 9.79 Å². The van der Waals surface area contributed by atoms with Crippen LogP contribution in [0.25, 0.3) is 33.4 Å². The van der Waals surface area contributed by atoms with Gasteiger partial charge in [0.15, 0.2) is 16.2 Å². The van der Waals surface area contributed by atoms with E-state index in [1.807, 2.05) is 0 Å². The van der Waals surface area contributed by atoms with Gasteiger partial charge in [-0.15, -0.1) is 0 Å². The zero-order valence-electron chi connectivity index (χ0n) is 16.4. The van der Waals surface area contributed by atoms with E-state index in [1.54, 1.807) is 0 Å². The van der Waals surface area contributed by atoms with Gasteiger partial charge < -0.3 is 15.3 Å². The second kappa shape index (κ2) is 7.38. The van der Waals surface area contributed by atoms with E-state index < -0.39 is 52.6 Å². The predicted molar refractivity (Wildman–Crippen MR) is 117 cm³/mol. The number of hydrogen-bond donors (Lipinski definition) is 5.